The number of amides is 1. The second kappa shape index (κ2) is 8.61. The van der Waals surface area contributed by atoms with Crippen molar-refractivity contribution in [2.75, 3.05) is 17.9 Å². The summed E-state index contributed by atoms with van der Waals surface area (Å²) >= 11 is 0. The SMILES string of the molecule is COc1ccc(C(=O)NNc2ncnc(Nc3ccc(F)cc3)c2[N+](=O)[O-])cc1. The molecule has 0 aliphatic carbocycles. The summed E-state index contributed by atoms with van der Waals surface area (Å²) in [6.07, 6.45) is 1.08. The van der Waals surface area contributed by atoms with Crippen LogP contribution in [0.1, 0.15) is 10.4 Å². The van der Waals surface area contributed by atoms with Gasteiger partial charge in [-0.15, -0.1) is 0 Å². The Morgan fingerprint density at radius 1 is 1.07 bits per heavy atom. The van der Waals surface area contributed by atoms with Crippen LogP contribution in [0.15, 0.2) is 54.9 Å². The molecule has 1 heterocycles. The molecule has 0 atom stereocenters. The Morgan fingerprint density at radius 3 is 2.34 bits per heavy atom. The summed E-state index contributed by atoms with van der Waals surface area (Å²) in [6.45, 7) is 0. The zero-order chi connectivity index (χ0) is 20.8. The first-order valence-corrected chi connectivity index (χ1v) is 8.20. The Hall–Kier alpha value is -4.28. The summed E-state index contributed by atoms with van der Waals surface area (Å²) in [5.41, 5.74) is 4.98. The van der Waals surface area contributed by atoms with Crippen molar-refractivity contribution in [3.63, 3.8) is 0 Å². The van der Waals surface area contributed by atoms with E-state index in [-0.39, 0.29) is 11.6 Å². The molecule has 1 amide bonds. The molecule has 0 bridgehead atoms. The maximum atomic E-state index is 13.0. The van der Waals surface area contributed by atoms with Crippen LogP contribution in [0.2, 0.25) is 0 Å². The third-order valence-electron chi connectivity index (χ3n) is 3.76. The van der Waals surface area contributed by atoms with Crippen LogP contribution in [0.25, 0.3) is 0 Å². The second-order valence-electron chi connectivity index (χ2n) is 5.62. The number of anilines is 3. The lowest BCUT2D eigenvalue weighted by Crippen LogP contribution is -2.30. The molecule has 3 aromatic rings. The van der Waals surface area contributed by atoms with Gasteiger partial charge in [0.05, 0.1) is 12.0 Å². The number of ether oxygens (including phenoxy) is 1. The molecular formula is C18H15FN6O4. The molecule has 0 unspecified atom stereocenters. The Labute approximate surface area is 163 Å². The number of hydrogen-bond acceptors (Lipinski definition) is 8. The van der Waals surface area contributed by atoms with E-state index in [1.54, 1.807) is 12.1 Å². The number of halogens is 1. The molecule has 0 radical (unpaired) electrons. The van der Waals surface area contributed by atoms with Crippen LogP contribution in [0.5, 0.6) is 5.75 Å². The molecule has 10 nitrogen and oxygen atoms in total. The maximum Gasteiger partial charge on any atom is 0.355 e. The van der Waals surface area contributed by atoms with E-state index in [1.165, 1.54) is 43.5 Å². The van der Waals surface area contributed by atoms with E-state index < -0.39 is 22.3 Å². The van der Waals surface area contributed by atoms with Gasteiger partial charge < -0.3 is 10.1 Å². The van der Waals surface area contributed by atoms with Gasteiger partial charge in [-0.3, -0.25) is 25.8 Å². The lowest BCUT2D eigenvalue weighted by molar-refractivity contribution is -0.383. The average Bonchev–Trinajstić information content (AvgIpc) is 2.73. The number of nitro groups is 1. The molecule has 0 saturated heterocycles. The molecule has 148 valence electrons. The average molecular weight is 398 g/mol. The predicted molar refractivity (Wildman–Crippen MR) is 102 cm³/mol. The highest BCUT2D eigenvalue weighted by Gasteiger charge is 2.23. The Balaban J connectivity index is 1.78. The minimum atomic E-state index is -0.701. The number of aromatic nitrogens is 2. The first kappa shape index (κ1) is 19.5. The minimum Gasteiger partial charge on any atom is -0.497 e. The van der Waals surface area contributed by atoms with Gasteiger partial charge in [-0.1, -0.05) is 0 Å². The molecule has 2 aromatic carbocycles. The molecule has 0 aliphatic rings. The van der Waals surface area contributed by atoms with E-state index >= 15 is 0 Å². The smallest absolute Gasteiger partial charge is 0.355 e. The van der Waals surface area contributed by atoms with Crippen LogP contribution in [0, 0.1) is 15.9 Å². The van der Waals surface area contributed by atoms with Crippen LogP contribution in [0.4, 0.5) is 27.4 Å². The quantitative estimate of drug-likeness (QED) is 0.409. The topological polar surface area (TPSA) is 131 Å². The fraction of sp³-hybridized carbons (Fsp3) is 0.0556. The first-order valence-electron chi connectivity index (χ1n) is 8.20. The van der Waals surface area contributed by atoms with Crippen LogP contribution < -0.4 is 20.9 Å². The van der Waals surface area contributed by atoms with E-state index in [0.29, 0.717) is 17.0 Å². The molecule has 0 aliphatic heterocycles. The van der Waals surface area contributed by atoms with Crippen LogP contribution in [-0.2, 0) is 0 Å². The normalized spacial score (nSPS) is 10.1. The van der Waals surface area contributed by atoms with E-state index in [2.05, 4.69) is 26.1 Å². The molecule has 0 spiro atoms. The maximum absolute atomic E-state index is 13.0. The lowest BCUT2D eigenvalue weighted by Gasteiger charge is -2.11. The molecule has 11 heteroatoms. The van der Waals surface area contributed by atoms with Crippen molar-refractivity contribution in [1.82, 2.24) is 15.4 Å². The molecule has 0 fully saturated rings. The fourth-order valence-electron chi connectivity index (χ4n) is 2.34. The number of rotatable bonds is 7. The third kappa shape index (κ3) is 4.71. The van der Waals surface area contributed by atoms with Crippen LogP contribution in [0.3, 0.4) is 0 Å². The van der Waals surface area contributed by atoms with Crippen molar-refractivity contribution in [1.29, 1.82) is 0 Å². The van der Waals surface area contributed by atoms with Crippen molar-refractivity contribution in [3.05, 3.63) is 76.4 Å². The second-order valence-corrected chi connectivity index (χ2v) is 5.62. The van der Waals surface area contributed by atoms with Crippen molar-refractivity contribution in [2.24, 2.45) is 0 Å². The number of hydrazine groups is 1. The number of nitrogens with zero attached hydrogens (tertiary/aromatic N) is 3. The zero-order valence-electron chi connectivity index (χ0n) is 15.0. The number of benzene rings is 2. The summed E-state index contributed by atoms with van der Waals surface area (Å²) in [4.78, 5) is 30.7. The van der Waals surface area contributed by atoms with E-state index in [1.807, 2.05) is 0 Å². The summed E-state index contributed by atoms with van der Waals surface area (Å²) in [7, 11) is 1.50. The molecular weight excluding hydrogens is 383 g/mol. The summed E-state index contributed by atoms with van der Waals surface area (Å²) in [6, 6.07) is 11.5. The van der Waals surface area contributed by atoms with Crippen molar-refractivity contribution >= 4 is 28.9 Å². The standard InChI is InChI=1S/C18H15FN6O4/c1-29-14-8-2-11(3-9-14)18(26)24-23-17-15(25(27)28)16(20-10-21-17)22-13-6-4-12(19)5-7-13/h2-10H,1H3,(H,24,26)(H2,20,21,22,23). The van der Waals surface area contributed by atoms with Gasteiger partial charge in [0.2, 0.25) is 11.6 Å². The lowest BCUT2D eigenvalue weighted by atomic mass is 10.2. The van der Waals surface area contributed by atoms with Gasteiger partial charge in [0, 0.05) is 11.3 Å². The summed E-state index contributed by atoms with van der Waals surface area (Å²) in [5, 5.41) is 14.3. The number of methoxy groups -OCH3 is 1. The van der Waals surface area contributed by atoms with Gasteiger partial charge >= 0.3 is 5.69 Å². The van der Waals surface area contributed by atoms with E-state index in [9.17, 15) is 19.3 Å². The highest BCUT2D eigenvalue weighted by Crippen LogP contribution is 2.30. The predicted octanol–water partition coefficient (Wildman–Crippen LogP) is 3.03. The van der Waals surface area contributed by atoms with Crippen molar-refractivity contribution in [3.8, 4) is 5.75 Å². The molecule has 3 rings (SSSR count). The van der Waals surface area contributed by atoms with E-state index in [0.717, 1.165) is 6.33 Å². The summed E-state index contributed by atoms with van der Waals surface area (Å²) < 4.78 is 18.1. The highest BCUT2D eigenvalue weighted by atomic mass is 19.1. The van der Waals surface area contributed by atoms with Crippen LogP contribution >= 0.6 is 0 Å². The molecule has 29 heavy (non-hydrogen) atoms. The van der Waals surface area contributed by atoms with Crippen molar-refractivity contribution in [2.45, 2.75) is 0 Å². The third-order valence-corrected chi connectivity index (χ3v) is 3.76. The van der Waals surface area contributed by atoms with Gasteiger partial charge in [-0.25, -0.2) is 14.4 Å². The monoisotopic (exact) mass is 398 g/mol. The highest BCUT2D eigenvalue weighted by molar-refractivity contribution is 5.95. The Morgan fingerprint density at radius 2 is 1.72 bits per heavy atom. The zero-order valence-corrected chi connectivity index (χ0v) is 15.0. The first-order chi connectivity index (χ1) is 14.0. The number of hydrogen-bond donors (Lipinski definition) is 3. The van der Waals surface area contributed by atoms with Gasteiger partial charge in [0.15, 0.2) is 0 Å². The molecule has 3 N–H and O–H groups in total. The fourth-order valence-corrected chi connectivity index (χ4v) is 2.34. The number of carbonyl (C=O) groups is 1. The number of nitrogens with one attached hydrogen (secondary N) is 3. The minimum absolute atomic E-state index is 0.127. The Kier molecular flexibility index (Phi) is 5.78. The molecule has 1 aromatic heterocycles. The Bertz CT molecular complexity index is 1030. The van der Waals surface area contributed by atoms with Crippen molar-refractivity contribution < 1.29 is 18.8 Å². The summed E-state index contributed by atoms with van der Waals surface area (Å²) in [5.74, 6) is -0.753. The van der Waals surface area contributed by atoms with Gasteiger partial charge in [0.25, 0.3) is 5.91 Å². The van der Waals surface area contributed by atoms with Crippen LogP contribution in [-0.4, -0.2) is 27.9 Å². The number of carbonyl (C=O) groups excluding carboxylic acids is 1. The van der Waals surface area contributed by atoms with Gasteiger partial charge in [-0.05, 0) is 48.5 Å². The largest absolute Gasteiger partial charge is 0.497 e. The molecule has 0 saturated carbocycles. The van der Waals surface area contributed by atoms with Gasteiger partial charge in [0.1, 0.15) is 17.9 Å². The van der Waals surface area contributed by atoms with E-state index in [4.69, 9.17) is 4.74 Å². The van der Waals surface area contributed by atoms with Gasteiger partial charge in [-0.2, -0.15) is 0 Å².